The molecule has 3 aromatic rings. The molecule has 0 bridgehead atoms. The number of amides is 2. The van der Waals surface area contributed by atoms with E-state index in [0.717, 1.165) is 16.3 Å². The summed E-state index contributed by atoms with van der Waals surface area (Å²) < 4.78 is 28.6. The maximum absolute atomic E-state index is 13.9. The normalized spacial score (nSPS) is 12.1. The number of carbonyl (C=O) groups excluding carboxylic acids is 2. The van der Waals surface area contributed by atoms with E-state index in [4.69, 9.17) is 34.8 Å². The Morgan fingerprint density at radius 1 is 0.923 bits per heavy atom. The highest BCUT2D eigenvalue weighted by Crippen LogP contribution is 2.31. The first-order chi connectivity index (χ1) is 18.4. The molecule has 0 aromatic heterocycles. The summed E-state index contributed by atoms with van der Waals surface area (Å²) in [4.78, 5) is 28.1. The highest BCUT2D eigenvalue weighted by Gasteiger charge is 2.33. The van der Waals surface area contributed by atoms with Gasteiger partial charge in [-0.05, 0) is 62.2 Å². The minimum Gasteiger partial charge on any atom is -0.354 e. The van der Waals surface area contributed by atoms with E-state index in [2.05, 4.69) is 5.32 Å². The quantitative estimate of drug-likeness (QED) is 0.285. The third-order valence-electron chi connectivity index (χ3n) is 6.09. The van der Waals surface area contributed by atoms with Crippen LogP contribution in [0.2, 0.25) is 15.1 Å². The van der Waals surface area contributed by atoms with Crippen LogP contribution in [0.3, 0.4) is 0 Å². The molecule has 0 saturated carbocycles. The standard InChI is InChI=1S/C28H30Cl3N3O4S/c1-4-15-32-28(36)20(3)33(17-21-7-5-6-8-24(21)29)27(35)18-34(22-11-14-25(30)26(31)16-22)39(37,38)23-12-9-19(2)10-13-23/h5-14,16,20H,4,15,17-18H2,1-3H3,(H,32,36)/t20-/m0/s1. The molecule has 0 heterocycles. The summed E-state index contributed by atoms with van der Waals surface area (Å²) in [6.45, 7) is 5.20. The fourth-order valence-electron chi connectivity index (χ4n) is 3.80. The van der Waals surface area contributed by atoms with Crippen LogP contribution in [-0.2, 0) is 26.2 Å². The van der Waals surface area contributed by atoms with Crippen LogP contribution < -0.4 is 9.62 Å². The molecule has 0 unspecified atom stereocenters. The average Bonchev–Trinajstić information content (AvgIpc) is 2.91. The van der Waals surface area contributed by atoms with Crippen LogP contribution in [0.1, 0.15) is 31.4 Å². The maximum atomic E-state index is 13.9. The van der Waals surface area contributed by atoms with E-state index in [1.54, 1.807) is 43.3 Å². The van der Waals surface area contributed by atoms with Gasteiger partial charge in [-0.25, -0.2) is 8.42 Å². The number of benzene rings is 3. The van der Waals surface area contributed by atoms with Crippen molar-refractivity contribution in [3.05, 3.63) is 92.9 Å². The molecule has 0 fully saturated rings. The van der Waals surface area contributed by atoms with Crippen LogP contribution in [-0.4, -0.2) is 44.3 Å². The Hall–Kier alpha value is -2.78. The molecular formula is C28H30Cl3N3O4S. The molecule has 0 saturated heterocycles. The van der Waals surface area contributed by atoms with Crippen molar-refractivity contribution < 1.29 is 18.0 Å². The molecule has 3 rings (SSSR count). The molecule has 0 aliphatic carbocycles. The number of nitrogens with zero attached hydrogens (tertiary/aromatic N) is 2. The third-order valence-corrected chi connectivity index (χ3v) is 8.99. The van der Waals surface area contributed by atoms with Crippen molar-refractivity contribution in [2.45, 2.75) is 44.7 Å². The van der Waals surface area contributed by atoms with Crippen LogP contribution in [0.25, 0.3) is 0 Å². The predicted octanol–water partition coefficient (Wildman–Crippen LogP) is 6.09. The molecule has 11 heteroatoms. The van der Waals surface area contributed by atoms with Gasteiger partial charge in [0.2, 0.25) is 11.8 Å². The van der Waals surface area contributed by atoms with E-state index in [-0.39, 0.29) is 33.1 Å². The molecule has 0 radical (unpaired) electrons. The summed E-state index contributed by atoms with van der Waals surface area (Å²) in [7, 11) is -4.21. The Kier molecular flexibility index (Phi) is 10.7. The van der Waals surface area contributed by atoms with E-state index in [1.807, 2.05) is 13.8 Å². The van der Waals surface area contributed by atoms with Gasteiger partial charge in [-0.1, -0.05) is 77.6 Å². The van der Waals surface area contributed by atoms with Crippen molar-refractivity contribution in [2.24, 2.45) is 0 Å². The molecule has 1 atom stereocenters. The van der Waals surface area contributed by atoms with Gasteiger partial charge in [-0.2, -0.15) is 0 Å². The van der Waals surface area contributed by atoms with Crippen molar-refractivity contribution in [3.63, 3.8) is 0 Å². The maximum Gasteiger partial charge on any atom is 0.264 e. The van der Waals surface area contributed by atoms with Crippen LogP contribution in [0.4, 0.5) is 5.69 Å². The van der Waals surface area contributed by atoms with Gasteiger partial charge >= 0.3 is 0 Å². The van der Waals surface area contributed by atoms with Gasteiger partial charge in [0.15, 0.2) is 0 Å². The summed E-state index contributed by atoms with van der Waals surface area (Å²) in [5.41, 5.74) is 1.65. The SMILES string of the molecule is CCCNC(=O)[C@H](C)N(Cc1ccccc1Cl)C(=O)CN(c1ccc(Cl)c(Cl)c1)S(=O)(=O)c1ccc(C)cc1. The highest BCUT2D eigenvalue weighted by molar-refractivity contribution is 7.92. The Labute approximate surface area is 244 Å². The fraction of sp³-hybridized carbons (Fsp3) is 0.286. The number of rotatable bonds is 11. The van der Waals surface area contributed by atoms with Gasteiger partial charge in [0.05, 0.1) is 20.6 Å². The predicted molar refractivity (Wildman–Crippen MR) is 157 cm³/mol. The zero-order chi connectivity index (χ0) is 28.7. The summed E-state index contributed by atoms with van der Waals surface area (Å²) in [6.07, 6.45) is 0.719. The summed E-state index contributed by atoms with van der Waals surface area (Å²) in [5.74, 6) is -0.962. The van der Waals surface area contributed by atoms with Crippen molar-refractivity contribution in [2.75, 3.05) is 17.4 Å². The fourth-order valence-corrected chi connectivity index (χ4v) is 5.69. The molecule has 2 amide bonds. The molecular weight excluding hydrogens is 581 g/mol. The molecule has 0 spiro atoms. The van der Waals surface area contributed by atoms with Gasteiger partial charge in [-0.15, -0.1) is 0 Å². The first-order valence-corrected chi connectivity index (χ1v) is 14.9. The molecule has 1 N–H and O–H groups in total. The average molecular weight is 611 g/mol. The largest absolute Gasteiger partial charge is 0.354 e. The summed E-state index contributed by atoms with van der Waals surface area (Å²) >= 11 is 18.7. The second-order valence-electron chi connectivity index (χ2n) is 9.00. The van der Waals surface area contributed by atoms with Gasteiger partial charge in [0, 0.05) is 18.1 Å². The second kappa shape index (κ2) is 13.5. The van der Waals surface area contributed by atoms with E-state index in [0.29, 0.717) is 17.1 Å². The third kappa shape index (κ3) is 7.66. The molecule has 39 heavy (non-hydrogen) atoms. The van der Waals surface area contributed by atoms with Gasteiger partial charge in [0.1, 0.15) is 12.6 Å². The zero-order valence-electron chi connectivity index (χ0n) is 21.8. The van der Waals surface area contributed by atoms with Gasteiger partial charge < -0.3 is 10.2 Å². The number of anilines is 1. The molecule has 0 aliphatic rings. The molecule has 208 valence electrons. The highest BCUT2D eigenvalue weighted by atomic mass is 35.5. The number of carbonyl (C=O) groups is 2. The number of hydrogen-bond donors (Lipinski definition) is 1. The van der Waals surface area contributed by atoms with Crippen molar-refractivity contribution in [3.8, 4) is 0 Å². The first-order valence-electron chi connectivity index (χ1n) is 12.3. The van der Waals surface area contributed by atoms with Crippen LogP contribution in [0.15, 0.2) is 71.6 Å². The number of aryl methyl sites for hydroxylation is 1. The minimum atomic E-state index is -4.21. The van der Waals surface area contributed by atoms with E-state index >= 15 is 0 Å². The van der Waals surface area contributed by atoms with Gasteiger partial charge in [0.25, 0.3) is 10.0 Å². The van der Waals surface area contributed by atoms with Crippen molar-refractivity contribution in [1.29, 1.82) is 0 Å². The smallest absolute Gasteiger partial charge is 0.264 e. The number of nitrogens with one attached hydrogen (secondary N) is 1. The van der Waals surface area contributed by atoms with Gasteiger partial charge in [-0.3, -0.25) is 13.9 Å². The van der Waals surface area contributed by atoms with Crippen LogP contribution in [0.5, 0.6) is 0 Å². The Balaban J connectivity index is 2.05. The lowest BCUT2D eigenvalue weighted by Crippen LogP contribution is -2.51. The van der Waals surface area contributed by atoms with E-state index in [9.17, 15) is 18.0 Å². The Bertz CT molecular complexity index is 1430. The summed E-state index contributed by atoms with van der Waals surface area (Å²) in [5, 5.41) is 3.59. The monoisotopic (exact) mass is 609 g/mol. The number of halogens is 3. The Morgan fingerprint density at radius 2 is 1.59 bits per heavy atom. The summed E-state index contributed by atoms with van der Waals surface area (Å²) in [6, 6.07) is 16.7. The minimum absolute atomic E-state index is 0.000981. The number of hydrogen-bond acceptors (Lipinski definition) is 4. The lowest BCUT2D eigenvalue weighted by Gasteiger charge is -2.32. The number of sulfonamides is 1. The zero-order valence-corrected chi connectivity index (χ0v) is 24.9. The van der Waals surface area contributed by atoms with Crippen molar-refractivity contribution in [1.82, 2.24) is 10.2 Å². The molecule has 7 nitrogen and oxygen atoms in total. The lowest BCUT2D eigenvalue weighted by atomic mass is 10.1. The molecule has 3 aromatic carbocycles. The van der Waals surface area contributed by atoms with E-state index < -0.39 is 28.5 Å². The topological polar surface area (TPSA) is 86.8 Å². The molecule has 0 aliphatic heterocycles. The van der Waals surface area contributed by atoms with Crippen LogP contribution >= 0.6 is 34.8 Å². The van der Waals surface area contributed by atoms with Crippen LogP contribution in [0, 0.1) is 6.92 Å². The Morgan fingerprint density at radius 3 is 2.21 bits per heavy atom. The van der Waals surface area contributed by atoms with Crippen molar-refractivity contribution >= 4 is 62.3 Å². The second-order valence-corrected chi connectivity index (χ2v) is 12.1. The first kappa shape index (κ1) is 30.8. The lowest BCUT2D eigenvalue weighted by molar-refractivity contribution is -0.139. The van der Waals surface area contributed by atoms with E-state index in [1.165, 1.54) is 35.2 Å².